The van der Waals surface area contributed by atoms with Gasteiger partial charge >= 0.3 is 0 Å². The van der Waals surface area contributed by atoms with Crippen LogP contribution in [-0.2, 0) is 0 Å². The van der Waals surface area contributed by atoms with Crippen LogP contribution in [0.3, 0.4) is 0 Å². The van der Waals surface area contributed by atoms with Crippen LogP contribution in [0.2, 0.25) is 0 Å². The first-order valence-corrected chi connectivity index (χ1v) is 7.99. The number of aromatic nitrogens is 1. The third-order valence-electron chi connectivity index (χ3n) is 3.10. The Bertz CT molecular complexity index is 890. The van der Waals surface area contributed by atoms with Gasteiger partial charge in [-0.05, 0) is 61.1 Å². The van der Waals surface area contributed by atoms with Gasteiger partial charge in [0.1, 0.15) is 5.82 Å². The lowest BCUT2D eigenvalue weighted by Gasteiger charge is -2.06. The lowest BCUT2D eigenvalue weighted by Crippen LogP contribution is -2.34. The molecule has 0 unspecified atom stereocenters. The highest BCUT2D eigenvalue weighted by molar-refractivity contribution is 7.80. The van der Waals surface area contributed by atoms with E-state index in [1.165, 1.54) is 35.6 Å². The van der Waals surface area contributed by atoms with Crippen LogP contribution in [0.4, 0.5) is 9.52 Å². The van der Waals surface area contributed by atoms with E-state index in [1.54, 1.807) is 0 Å². The molecular weight excluding hydrogens is 333 g/mol. The predicted molar refractivity (Wildman–Crippen MR) is 94.4 cm³/mol. The number of amides is 1. The average Bonchev–Trinajstić information content (AvgIpc) is 2.88. The highest BCUT2D eigenvalue weighted by atomic mass is 32.1. The molecule has 0 saturated carbocycles. The minimum atomic E-state index is -0.403. The summed E-state index contributed by atoms with van der Waals surface area (Å²) in [7, 11) is 0. The summed E-state index contributed by atoms with van der Waals surface area (Å²) in [6.45, 7) is 2.01. The quantitative estimate of drug-likeness (QED) is 0.692. The van der Waals surface area contributed by atoms with Gasteiger partial charge in [-0.15, -0.1) is 0 Å². The first-order chi connectivity index (χ1) is 11.0. The molecule has 3 rings (SSSR count). The number of anilines is 1. The van der Waals surface area contributed by atoms with E-state index in [9.17, 15) is 9.18 Å². The Morgan fingerprint density at radius 3 is 2.70 bits per heavy atom. The van der Waals surface area contributed by atoms with Crippen LogP contribution in [-0.4, -0.2) is 16.0 Å². The van der Waals surface area contributed by atoms with Crippen molar-refractivity contribution in [2.75, 3.05) is 5.32 Å². The lowest BCUT2D eigenvalue weighted by molar-refractivity contribution is 0.0977. The van der Waals surface area contributed by atoms with E-state index < -0.39 is 11.7 Å². The molecule has 23 heavy (non-hydrogen) atoms. The third kappa shape index (κ3) is 3.69. The molecule has 116 valence electrons. The second-order valence-corrected chi connectivity index (χ2v) is 6.34. The maximum absolute atomic E-state index is 12.9. The number of fused-ring (bicyclic) bond motifs is 1. The minimum absolute atomic E-state index is 0.148. The van der Waals surface area contributed by atoms with Crippen molar-refractivity contribution in [2.45, 2.75) is 6.92 Å². The van der Waals surface area contributed by atoms with Gasteiger partial charge in [-0.25, -0.2) is 9.37 Å². The third-order valence-corrected chi connectivity index (χ3v) is 4.24. The van der Waals surface area contributed by atoms with Gasteiger partial charge in [-0.1, -0.05) is 17.4 Å². The van der Waals surface area contributed by atoms with Gasteiger partial charge in [0.15, 0.2) is 10.2 Å². The number of aryl methyl sites for hydroxylation is 1. The number of nitrogens with one attached hydrogen (secondary N) is 2. The van der Waals surface area contributed by atoms with Crippen LogP contribution in [0.1, 0.15) is 15.9 Å². The number of thiocarbonyl (C=S) groups is 1. The smallest absolute Gasteiger partial charge is 0.257 e. The van der Waals surface area contributed by atoms with Gasteiger partial charge < -0.3 is 5.32 Å². The summed E-state index contributed by atoms with van der Waals surface area (Å²) in [6, 6.07) is 11.2. The van der Waals surface area contributed by atoms with Gasteiger partial charge in [0, 0.05) is 5.56 Å². The predicted octanol–water partition coefficient (Wildman–Crippen LogP) is 3.87. The summed E-state index contributed by atoms with van der Waals surface area (Å²) in [5.74, 6) is -0.800. The maximum Gasteiger partial charge on any atom is 0.257 e. The van der Waals surface area contributed by atoms with E-state index in [0.29, 0.717) is 10.7 Å². The highest BCUT2D eigenvalue weighted by Crippen LogP contribution is 2.26. The van der Waals surface area contributed by atoms with Crippen LogP contribution in [0.15, 0.2) is 42.5 Å². The maximum atomic E-state index is 12.9. The normalized spacial score (nSPS) is 10.5. The first kappa shape index (κ1) is 15.5. The summed E-state index contributed by atoms with van der Waals surface area (Å²) in [5.41, 5.74) is 2.35. The molecule has 0 aliphatic rings. The fourth-order valence-corrected chi connectivity index (χ4v) is 3.21. The van der Waals surface area contributed by atoms with Crippen molar-refractivity contribution in [1.29, 1.82) is 0 Å². The summed E-state index contributed by atoms with van der Waals surface area (Å²) in [5, 5.41) is 6.20. The molecule has 0 spiro atoms. The van der Waals surface area contributed by atoms with Gasteiger partial charge in [-0.2, -0.15) is 0 Å². The number of hydrogen-bond donors (Lipinski definition) is 2. The molecule has 7 heteroatoms. The molecule has 0 bridgehead atoms. The molecule has 2 aromatic carbocycles. The topological polar surface area (TPSA) is 54.0 Å². The molecular formula is C16H12FN3OS2. The van der Waals surface area contributed by atoms with Crippen molar-refractivity contribution in [3.05, 3.63) is 59.4 Å². The standard InChI is InChI=1S/C16H12FN3OS2/c1-9-2-7-12-13(8-9)23-16(18-12)20-15(22)19-14(21)10-3-5-11(17)6-4-10/h2-8H,1H3,(H2,18,19,20,21,22). The first-order valence-electron chi connectivity index (χ1n) is 6.76. The number of halogens is 1. The molecule has 0 aliphatic heterocycles. The SMILES string of the molecule is Cc1ccc2nc(NC(=S)NC(=O)c3ccc(F)cc3)sc2c1. The van der Waals surface area contributed by atoms with Crippen molar-refractivity contribution in [3.8, 4) is 0 Å². The van der Waals surface area contributed by atoms with E-state index in [0.717, 1.165) is 15.8 Å². The highest BCUT2D eigenvalue weighted by Gasteiger charge is 2.10. The minimum Gasteiger partial charge on any atom is -0.308 e. The summed E-state index contributed by atoms with van der Waals surface area (Å²) in [4.78, 5) is 16.4. The second-order valence-electron chi connectivity index (χ2n) is 4.91. The van der Waals surface area contributed by atoms with Crippen molar-refractivity contribution >= 4 is 49.9 Å². The van der Waals surface area contributed by atoms with Crippen LogP contribution in [0, 0.1) is 12.7 Å². The van der Waals surface area contributed by atoms with E-state index in [2.05, 4.69) is 15.6 Å². The van der Waals surface area contributed by atoms with E-state index >= 15 is 0 Å². The second kappa shape index (κ2) is 6.39. The zero-order chi connectivity index (χ0) is 16.4. The van der Waals surface area contributed by atoms with Gasteiger partial charge in [0.25, 0.3) is 5.91 Å². The molecule has 0 saturated heterocycles. The van der Waals surface area contributed by atoms with Crippen molar-refractivity contribution in [2.24, 2.45) is 0 Å². The van der Waals surface area contributed by atoms with Crippen LogP contribution in [0.25, 0.3) is 10.2 Å². The Morgan fingerprint density at radius 1 is 1.22 bits per heavy atom. The van der Waals surface area contributed by atoms with Gasteiger partial charge in [-0.3, -0.25) is 10.1 Å². The van der Waals surface area contributed by atoms with Crippen molar-refractivity contribution < 1.29 is 9.18 Å². The molecule has 0 atom stereocenters. The monoisotopic (exact) mass is 345 g/mol. The molecule has 0 radical (unpaired) electrons. The number of carbonyl (C=O) groups excluding carboxylic acids is 1. The summed E-state index contributed by atoms with van der Waals surface area (Å²) >= 11 is 6.57. The van der Waals surface area contributed by atoms with Crippen LogP contribution in [0.5, 0.6) is 0 Å². The van der Waals surface area contributed by atoms with Gasteiger partial charge in [0.2, 0.25) is 0 Å². The van der Waals surface area contributed by atoms with E-state index in [-0.39, 0.29) is 5.11 Å². The van der Waals surface area contributed by atoms with Crippen LogP contribution < -0.4 is 10.6 Å². The largest absolute Gasteiger partial charge is 0.308 e. The Kier molecular flexibility index (Phi) is 4.31. The van der Waals surface area contributed by atoms with E-state index in [4.69, 9.17) is 12.2 Å². The number of hydrogen-bond acceptors (Lipinski definition) is 4. The number of benzene rings is 2. The lowest BCUT2D eigenvalue weighted by atomic mass is 10.2. The van der Waals surface area contributed by atoms with Crippen molar-refractivity contribution in [3.63, 3.8) is 0 Å². The number of thiazole rings is 1. The molecule has 1 aromatic heterocycles. The molecule has 0 fully saturated rings. The molecule has 4 nitrogen and oxygen atoms in total. The van der Waals surface area contributed by atoms with Crippen LogP contribution >= 0.6 is 23.6 Å². The summed E-state index contributed by atoms with van der Waals surface area (Å²) in [6.07, 6.45) is 0. The Morgan fingerprint density at radius 2 is 1.96 bits per heavy atom. The Hall–Kier alpha value is -2.38. The number of rotatable bonds is 2. The van der Waals surface area contributed by atoms with Gasteiger partial charge in [0.05, 0.1) is 10.2 Å². The number of carbonyl (C=O) groups is 1. The fourth-order valence-electron chi connectivity index (χ4n) is 1.99. The Labute approximate surface area is 141 Å². The van der Waals surface area contributed by atoms with E-state index in [1.807, 2.05) is 25.1 Å². The fraction of sp³-hybridized carbons (Fsp3) is 0.0625. The number of nitrogens with zero attached hydrogens (tertiary/aromatic N) is 1. The Balaban J connectivity index is 1.68. The zero-order valence-corrected chi connectivity index (χ0v) is 13.7. The molecule has 0 aliphatic carbocycles. The average molecular weight is 345 g/mol. The molecule has 3 aromatic rings. The molecule has 1 heterocycles. The van der Waals surface area contributed by atoms with Crippen molar-refractivity contribution in [1.82, 2.24) is 10.3 Å². The molecule has 2 N–H and O–H groups in total. The zero-order valence-electron chi connectivity index (χ0n) is 12.1. The summed E-state index contributed by atoms with van der Waals surface area (Å²) < 4.78 is 13.9. The molecule has 1 amide bonds.